The van der Waals surface area contributed by atoms with Gasteiger partial charge in [0.25, 0.3) is 5.91 Å². The molecule has 1 aliphatic rings. The average Bonchev–Trinajstić information content (AvgIpc) is 3.33. The number of hydrogen-bond donors (Lipinski definition) is 2. The summed E-state index contributed by atoms with van der Waals surface area (Å²) >= 11 is 0. The molecule has 7 nitrogen and oxygen atoms in total. The van der Waals surface area contributed by atoms with Crippen molar-refractivity contribution in [2.75, 3.05) is 24.4 Å². The Hall–Kier alpha value is -3.53. The van der Waals surface area contributed by atoms with Crippen molar-refractivity contribution in [3.05, 3.63) is 53.6 Å². The Balaban J connectivity index is 1.73. The molecule has 1 atom stereocenters. The topological polar surface area (TPSA) is 85.9 Å². The molecule has 1 heterocycles. The van der Waals surface area contributed by atoms with E-state index in [2.05, 4.69) is 10.6 Å². The molecule has 2 N–H and O–H groups in total. The average molecular weight is 492 g/mol. The molecule has 188 valence electrons. The lowest BCUT2D eigenvalue weighted by atomic mass is 10.1. The van der Waals surface area contributed by atoms with Crippen molar-refractivity contribution in [3.8, 4) is 11.5 Å². The van der Waals surface area contributed by atoms with E-state index in [0.717, 1.165) is 18.2 Å². The number of carbonyl (C=O) groups excluding carboxylic acids is 2. The van der Waals surface area contributed by atoms with Crippen LogP contribution in [0.1, 0.15) is 37.8 Å². The molecule has 10 heteroatoms. The van der Waals surface area contributed by atoms with E-state index in [4.69, 9.17) is 14.2 Å². The van der Waals surface area contributed by atoms with E-state index in [1.54, 1.807) is 18.2 Å². The number of amides is 2. The highest BCUT2D eigenvalue weighted by Gasteiger charge is 2.34. The monoisotopic (exact) mass is 492 g/mol. The van der Waals surface area contributed by atoms with E-state index in [1.807, 2.05) is 13.8 Å². The van der Waals surface area contributed by atoms with Crippen molar-refractivity contribution in [2.45, 2.75) is 45.1 Å². The van der Waals surface area contributed by atoms with Gasteiger partial charge in [0.15, 0.2) is 11.5 Å². The van der Waals surface area contributed by atoms with Crippen LogP contribution in [-0.4, -0.2) is 37.7 Å². The molecule has 0 spiro atoms. The van der Waals surface area contributed by atoms with E-state index < -0.39 is 35.3 Å². The molecule has 0 radical (unpaired) electrons. The maximum absolute atomic E-state index is 13.6. The van der Waals surface area contributed by atoms with Crippen molar-refractivity contribution in [1.29, 1.82) is 0 Å². The molecule has 0 aromatic heterocycles. The first-order valence-corrected chi connectivity index (χ1v) is 11.0. The SMILES string of the molecule is COc1cc(/C=C/C(=O)Nc2ccc(NC(=O)C3CCCO3)cc2C(F)(F)F)ccc1OC(C)C. The van der Waals surface area contributed by atoms with Gasteiger partial charge in [0.1, 0.15) is 6.10 Å². The number of alkyl halides is 3. The zero-order chi connectivity index (χ0) is 25.6. The van der Waals surface area contributed by atoms with E-state index in [-0.39, 0.29) is 11.8 Å². The van der Waals surface area contributed by atoms with Gasteiger partial charge in [0, 0.05) is 18.4 Å². The Morgan fingerprint density at radius 2 is 1.89 bits per heavy atom. The number of carbonyl (C=O) groups is 2. The Bertz CT molecular complexity index is 1090. The molecule has 0 aliphatic carbocycles. The quantitative estimate of drug-likeness (QED) is 0.491. The molecule has 1 aliphatic heterocycles. The number of rotatable bonds is 8. The summed E-state index contributed by atoms with van der Waals surface area (Å²) in [4.78, 5) is 24.5. The van der Waals surface area contributed by atoms with Gasteiger partial charge in [-0.3, -0.25) is 9.59 Å². The predicted octanol–water partition coefficient (Wildman–Crippen LogP) is 5.27. The van der Waals surface area contributed by atoms with Gasteiger partial charge in [-0.2, -0.15) is 13.2 Å². The summed E-state index contributed by atoms with van der Waals surface area (Å²) in [5.41, 5.74) is -0.958. The third-order valence-corrected chi connectivity index (χ3v) is 5.05. The lowest BCUT2D eigenvalue weighted by Crippen LogP contribution is -2.27. The Kier molecular flexibility index (Phi) is 8.39. The Labute approximate surface area is 201 Å². The van der Waals surface area contributed by atoms with Gasteiger partial charge in [0.2, 0.25) is 5.91 Å². The smallest absolute Gasteiger partial charge is 0.418 e. The predicted molar refractivity (Wildman–Crippen MR) is 125 cm³/mol. The van der Waals surface area contributed by atoms with Gasteiger partial charge >= 0.3 is 6.18 Å². The molecule has 2 aromatic rings. The summed E-state index contributed by atoms with van der Waals surface area (Å²) < 4.78 is 57.1. The van der Waals surface area contributed by atoms with Crippen LogP contribution in [0.25, 0.3) is 6.08 Å². The fourth-order valence-electron chi connectivity index (χ4n) is 3.46. The van der Waals surface area contributed by atoms with Crippen molar-refractivity contribution >= 4 is 29.3 Å². The first kappa shape index (κ1) is 26.1. The Morgan fingerprint density at radius 1 is 1.11 bits per heavy atom. The van der Waals surface area contributed by atoms with Crippen molar-refractivity contribution in [1.82, 2.24) is 0 Å². The number of benzene rings is 2. The largest absolute Gasteiger partial charge is 0.493 e. The van der Waals surface area contributed by atoms with Gasteiger partial charge in [-0.25, -0.2) is 0 Å². The summed E-state index contributed by atoms with van der Waals surface area (Å²) in [6.45, 7) is 4.18. The third-order valence-electron chi connectivity index (χ3n) is 5.05. The molecule has 1 saturated heterocycles. The second kappa shape index (κ2) is 11.3. The summed E-state index contributed by atoms with van der Waals surface area (Å²) in [7, 11) is 1.48. The highest BCUT2D eigenvalue weighted by molar-refractivity contribution is 6.03. The molecule has 0 saturated carbocycles. The van der Waals surface area contributed by atoms with Crippen molar-refractivity contribution in [2.24, 2.45) is 0 Å². The minimum Gasteiger partial charge on any atom is -0.493 e. The summed E-state index contributed by atoms with van der Waals surface area (Å²) in [5, 5.41) is 4.69. The van der Waals surface area contributed by atoms with E-state index in [9.17, 15) is 22.8 Å². The molecule has 3 rings (SSSR count). The van der Waals surface area contributed by atoms with Crippen LogP contribution in [0.4, 0.5) is 24.5 Å². The lowest BCUT2D eigenvalue weighted by Gasteiger charge is -2.16. The molecule has 2 aromatic carbocycles. The highest BCUT2D eigenvalue weighted by Crippen LogP contribution is 2.37. The first-order valence-electron chi connectivity index (χ1n) is 11.0. The van der Waals surface area contributed by atoms with Crippen LogP contribution in [0.15, 0.2) is 42.5 Å². The molecule has 2 amide bonds. The fourth-order valence-corrected chi connectivity index (χ4v) is 3.46. The zero-order valence-corrected chi connectivity index (χ0v) is 19.6. The van der Waals surface area contributed by atoms with Crippen LogP contribution in [-0.2, 0) is 20.5 Å². The third kappa shape index (κ3) is 7.22. The van der Waals surface area contributed by atoms with E-state index >= 15 is 0 Å². The zero-order valence-electron chi connectivity index (χ0n) is 19.6. The van der Waals surface area contributed by atoms with Crippen LogP contribution in [0.2, 0.25) is 0 Å². The van der Waals surface area contributed by atoms with Crippen LogP contribution in [0, 0.1) is 0 Å². The molecular weight excluding hydrogens is 465 g/mol. The van der Waals surface area contributed by atoms with E-state index in [0.29, 0.717) is 36.5 Å². The summed E-state index contributed by atoms with van der Waals surface area (Å²) in [6, 6.07) is 8.19. The molecule has 1 fully saturated rings. The van der Waals surface area contributed by atoms with Crippen LogP contribution < -0.4 is 20.1 Å². The molecular formula is C25H27F3N2O5. The van der Waals surface area contributed by atoms with Crippen molar-refractivity contribution in [3.63, 3.8) is 0 Å². The van der Waals surface area contributed by atoms with Gasteiger partial charge in [-0.1, -0.05) is 6.07 Å². The van der Waals surface area contributed by atoms with Gasteiger partial charge in [-0.05, 0) is 68.7 Å². The number of methoxy groups -OCH3 is 1. The van der Waals surface area contributed by atoms with Gasteiger partial charge in [0.05, 0.1) is 24.5 Å². The number of anilines is 2. The van der Waals surface area contributed by atoms with E-state index in [1.165, 1.54) is 19.3 Å². The summed E-state index contributed by atoms with van der Waals surface area (Å²) in [5.74, 6) is -0.268. The number of ether oxygens (including phenoxy) is 3. The van der Waals surface area contributed by atoms with Gasteiger partial charge in [-0.15, -0.1) is 0 Å². The van der Waals surface area contributed by atoms with Crippen LogP contribution >= 0.6 is 0 Å². The van der Waals surface area contributed by atoms with Gasteiger partial charge < -0.3 is 24.8 Å². The normalized spacial score (nSPS) is 15.9. The number of hydrogen-bond acceptors (Lipinski definition) is 5. The number of halogens is 3. The second-order valence-corrected chi connectivity index (χ2v) is 8.15. The molecule has 1 unspecified atom stereocenters. The standard InChI is InChI=1S/C25H27F3N2O5/c1-15(2)35-20-10-6-16(13-22(20)33-3)7-11-23(31)30-19-9-8-17(14-18(19)25(26,27)28)29-24(32)21-5-4-12-34-21/h6-11,13-15,21H,4-5,12H2,1-3H3,(H,29,32)(H,30,31)/b11-7+. The second-order valence-electron chi connectivity index (χ2n) is 8.15. The highest BCUT2D eigenvalue weighted by atomic mass is 19.4. The van der Waals surface area contributed by atoms with Crippen LogP contribution in [0.5, 0.6) is 11.5 Å². The lowest BCUT2D eigenvalue weighted by molar-refractivity contribution is -0.137. The Morgan fingerprint density at radius 3 is 2.51 bits per heavy atom. The maximum Gasteiger partial charge on any atom is 0.418 e. The van der Waals surface area contributed by atoms with Crippen LogP contribution in [0.3, 0.4) is 0 Å². The molecule has 0 bridgehead atoms. The number of nitrogens with one attached hydrogen (secondary N) is 2. The molecule has 35 heavy (non-hydrogen) atoms. The minimum atomic E-state index is -4.75. The van der Waals surface area contributed by atoms with Crippen molar-refractivity contribution < 1.29 is 37.0 Å². The maximum atomic E-state index is 13.6. The first-order chi connectivity index (χ1) is 16.6. The minimum absolute atomic E-state index is 0.0397. The summed E-state index contributed by atoms with van der Waals surface area (Å²) in [6.07, 6.45) is -1.71. The fraction of sp³-hybridized carbons (Fsp3) is 0.360.